The van der Waals surface area contributed by atoms with Gasteiger partial charge in [0.2, 0.25) is 0 Å². The summed E-state index contributed by atoms with van der Waals surface area (Å²) in [5.41, 5.74) is 0. The van der Waals surface area contributed by atoms with Crippen LogP contribution in [0, 0.1) is 0 Å². The van der Waals surface area contributed by atoms with Crippen molar-refractivity contribution in [3.05, 3.63) is 0 Å². The maximum Gasteiger partial charge on any atom is 1.00 e. The molecular formula is C8H7K4NO9. The summed E-state index contributed by atoms with van der Waals surface area (Å²) in [6.45, 7) is 0. The van der Waals surface area contributed by atoms with Crippen molar-refractivity contribution in [1.29, 1.82) is 0 Å². The van der Waals surface area contributed by atoms with Crippen molar-refractivity contribution in [2.45, 2.75) is 24.9 Å². The Labute approximate surface area is 295 Å². The van der Waals surface area contributed by atoms with Crippen LogP contribution in [-0.4, -0.2) is 46.2 Å². The SMILES string of the molecule is O=C([O-])CC(C(=O)[O-])N(O)C(CC(=O)[O-])C(=O)[O-].[K+].[K+].[K+].[K+]. The number of hydrogen-bond donors (Lipinski definition) is 1. The standard InChI is InChI=1S/C8H11NO9.4K/c10-5(11)1-3(7(14)15)9(18)4(8(16)17)2-6(12)13;;;;/h3-4,18H,1-2H2,(H,10,11)(H,12,13)(H,14,15)(H,16,17);;;;/q;4*+1/p-4. The molecule has 0 aromatic heterocycles. The zero-order valence-corrected chi connectivity index (χ0v) is 25.2. The van der Waals surface area contributed by atoms with Crippen LogP contribution >= 0.6 is 0 Å². The van der Waals surface area contributed by atoms with Crippen molar-refractivity contribution in [2.75, 3.05) is 0 Å². The predicted molar refractivity (Wildman–Crippen MR) is 40.5 cm³/mol. The molecule has 14 heteroatoms. The van der Waals surface area contributed by atoms with Crippen LogP contribution in [0.5, 0.6) is 0 Å². The van der Waals surface area contributed by atoms with Gasteiger partial charge in [0.1, 0.15) is 0 Å². The molecule has 102 valence electrons. The zero-order valence-electron chi connectivity index (χ0n) is 12.7. The number of carboxylic acid groups (broad SMARTS) is 4. The van der Waals surface area contributed by atoms with Gasteiger partial charge in [-0.2, -0.15) is 5.06 Å². The largest absolute Gasteiger partial charge is 1.00 e. The average Bonchev–Trinajstić information content (AvgIpc) is 2.20. The minimum atomic E-state index is -2.29. The fraction of sp³-hybridized carbons (Fsp3) is 0.500. The van der Waals surface area contributed by atoms with Crippen LogP contribution in [0.1, 0.15) is 12.8 Å². The second-order valence-corrected chi connectivity index (χ2v) is 3.20. The molecule has 0 fully saturated rings. The topological polar surface area (TPSA) is 184 Å². The molecule has 0 saturated heterocycles. The zero-order chi connectivity index (χ0) is 14.5. The fourth-order valence-corrected chi connectivity index (χ4v) is 1.10. The van der Waals surface area contributed by atoms with Crippen LogP contribution in [-0.2, 0) is 19.2 Å². The third-order valence-corrected chi connectivity index (χ3v) is 1.90. The molecule has 0 radical (unpaired) electrons. The van der Waals surface area contributed by atoms with Crippen LogP contribution in [0.15, 0.2) is 0 Å². The van der Waals surface area contributed by atoms with Crippen LogP contribution in [0.2, 0.25) is 0 Å². The van der Waals surface area contributed by atoms with E-state index in [1.54, 1.807) is 0 Å². The van der Waals surface area contributed by atoms with Crippen molar-refractivity contribution >= 4 is 23.9 Å². The third kappa shape index (κ3) is 16.5. The molecule has 0 aliphatic carbocycles. The van der Waals surface area contributed by atoms with Gasteiger partial charge in [0, 0.05) is 24.8 Å². The Balaban J connectivity index is -0.000000241. The number of rotatable bonds is 8. The van der Waals surface area contributed by atoms with Crippen molar-refractivity contribution < 1.29 is 250 Å². The first kappa shape index (κ1) is 37.1. The van der Waals surface area contributed by atoms with E-state index >= 15 is 0 Å². The molecule has 0 spiro atoms. The number of carbonyl (C=O) groups excluding carboxylic acids is 4. The molecule has 0 aromatic carbocycles. The van der Waals surface area contributed by atoms with Gasteiger partial charge >= 0.3 is 206 Å². The summed E-state index contributed by atoms with van der Waals surface area (Å²) in [6.07, 6.45) is -2.59. The summed E-state index contributed by atoms with van der Waals surface area (Å²) in [6, 6.07) is -4.59. The van der Waals surface area contributed by atoms with Crippen molar-refractivity contribution in [3.63, 3.8) is 0 Å². The van der Waals surface area contributed by atoms with Gasteiger partial charge in [-0.25, -0.2) is 0 Å². The van der Waals surface area contributed by atoms with Gasteiger partial charge in [0.15, 0.2) is 0 Å². The Morgan fingerprint density at radius 1 is 0.727 bits per heavy atom. The fourth-order valence-electron chi connectivity index (χ4n) is 1.10. The molecule has 0 rings (SSSR count). The molecule has 1 N–H and O–H groups in total. The molecule has 0 aromatic rings. The van der Waals surface area contributed by atoms with E-state index in [1.165, 1.54) is 0 Å². The predicted octanol–water partition coefficient (Wildman–Crippen LogP) is -18.8. The van der Waals surface area contributed by atoms with E-state index < -0.39 is 53.9 Å². The molecule has 2 unspecified atom stereocenters. The normalized spacial score (nSPS) is 11.4. The molecule has 2 atom stereocenters. The molecule has 0 heterocycles. The van der Waals surface area contributed by atoms with E-state index in [0.29, 0.717) is 0 Å². The van der Waals surface area contributed by atoms with Crippen LogP contribution in [0.3, 0.4) is 0 Å². The minimum absolute atomic E-state index is 0. The van der Waals surface area contributed by atoms with Crippen LogP contribution in [0.4, 0.5) is 0 Å². The Morgan fingerprint density at radius 3 is 1.09 bits per heavy atom. The van der Waals surface area contributed by atoms with E-state index in [1.807, 2.05) is 0 Å². The summed E-state index contributed by atoms with van der Waals surface area (Å²) in [5, 5.41) is 50.1. The number of carbonyl (C=O) groups is 4. The molecule has 0 aliphatic rings. The average molecular weight is 418 g/mol. The van der Waals surface area contributed by atoms with E-state index in [-0.39, 0.29) is 206 Å². The Bertz CT molecular complexity index is 347. The molecular weight excluding hydrogens is 410 g/mol. The first-order valence-corrected chi connectivity index (χ1v) is 4.45. The maximum atomic E-state index is 10.5. The van der Waals surface area contributed by atoms with E-state index in [4.69, 9.17) is 0 Å². The monoisotopic (exact) mass is 417 g/mol. The Morgan fingerprint density at radius 2 is 0.955 bits per heavy atom. The summed E-state index contributed by atoms with van der Waals surface area (Å²) in [4.78, 5) is 41.4. The van der Waals surface area contributed by atoms with Crippen molar-refractivity contribution in [2.24, 2.45) is 0 Å². The minimum Gasteiger partial charge on any atom is -0.550 e. The number of nitrogens with zero attached hydrogens (tertiary/aromatic N) is 1. The van der Waals surface area contributed by atoms with E-state index in [0.717, 1.165) is 0 Å². The number of carboxylic acids is 4. The van der Waals surface area contributed by atoms with Crippen LogP contribution in [0.25, 0.3) is 0 Å². The van der Waals surface area contributed by atoms with Gasteiger partial charge in [-0.05, 0) is 0 Å². The van der Waals surface area contributed by atoms with E-state index in [9.17, 15) is 44.8 Å². The van der Waals surface area contributed by atoms with Gasteiger partial charge in [-0.15, -0.1) is 0 Å². The smallest absolute Gasteiger partial charge is 0.550 e. The molecule has 0 bridgehead atoms. The molecule has 0 amide bonds. The Kier molecular flexibility index (Phi) is 33.9. The van der Waals surface area contributed by atoms with E-state index in [2.05, 4.69) is 0 Å². The first-order valence-electron chi connectivity index (χ1n) is 4.45. The second kappa shape index (κ2) is 20.1. The molecule has 22 heavy (non-hydrogen) atoms. The molecule has 0 aliphatic heterocycles. The molecule has 10 nitrogen and oxygen atoms in total. The molecule has 0 saturated carbocycles. The summed E-state index contributed by atoms with van der Waals surface area (Å²) in [7, 11) is 0. The number of hydrogen-bond acceptors (Lipinski definition) is 10. The second-order valence-electron chi connectivity index (χ2n) is 3.20. The van der Waals surface area contributed by atoms with Gasteiger partial charge < -0.3 is 44.8 Å². The first-order chi connectivity index (χ1) is 8.16. The van der Waals surface area contributed by atoms with Crippen LogP contribution < -0.4 is 226 Å². The maximum absolute atomic E-state index is 10.5. The Hall–Kier alpha value is 4.35. The summed E-state index contributed by atoms with van der Waals surface area (Å²) < 4.78 is 0. The van der Waals surface area contributed by atoms with Gasteiger partial charge in [-0.1, -0.05) is 0 Å². The van der Waals surface area contributed by atoms with Gasteiger partial charge in [0.25, 0.3) is 0 Å². The third-order valence-electron chi connectivity index (χ3n) is 1.90. The van der Waals surface area contributed by atoms with Crippen molar-refractivity contribution in [3.8, 4) is 0 Å². The van der Waals surface area contributed by atoms with Gasteiger partial charge in [0.05, 0.1) is 24.0 Å². The number of hydroxylamine groups is 2. The quantitative estimate of drug-likeness (QED) is 0.294. The number of aliphatic carboxylic acids is 4. The summed E-state index contributed by atoms with van der Waals surface area (Å²) in [5.74, 6) is -8.06. The van der Waals surface area contributed by atoms with Gasteiger partial charge in [-0.3, -0.25) is 0 Å². The summed E-state index contributed by atoms with van der Waals surface area (Å²) >= 11 is 0. The van der Waals surface area contributed by atoms with Crippen molar-refractivity contribution in [1.82, 2.24) is 5.06 Å².